The zero-order chi connectivity index (χ0) is 15.6. The standard InChI is InChI=1S/C20H18N3.ClH/c1-22-15-23(19-13-6-5-12-18(19)22)20(16-9-3-2-4-10-16)17-11-7-8-14-21-17;/h2-15,20H,1H3;1H/q+1;/p-1. The Morgan fingerprint density at radius 2 is 1.58 bits per heavy atom. The third-order valence-corrected chi connectivity index (χ3v) is 4.20. The third kappa shape index (κ3) is 2.79. The highest BCUT2D eigenvalue weighted by atomic mass is 35.5. The van der Waals surface area contributed by atoms with E-state index in [-0.39, 0.29) is 18.4 Å². The van der Waals surface area contributed by atoms with Crippen molar-refractivity contribution in [3.05, 3.63) is 96.6 Å². The van der Waals surface area contributed by atoms with E-state index < -0.39 is 0 Å². The van der Waals surface area contributed by atoms with Gasteiger partial charge in [0, 0.05) is 11.8 Å². The highest BCUT2D eigenvalue weighted by Gasteiger charge is 2.25. The normalized spacial score (nSPS) is 11.9. The van der Waals surface area contributed by atoms with Crippen molar-refractivity contribution in [1.82, 2.24) is 9.55 Å². The largest absolute Gasteiger partial charge is 1.00 e. The lowest BCUT2D eigenvalue weighted by Gasteiger charge is -2.14. The first kappa shape index (κ1) is 16.2. The molecule has 4 aromatic rings. The first-order valence-corrected chi connectivity index (χ1v) is 7.75. The Kier molecular flexibility index (Phi) is 4.63. The van der Waals surface area contributed by atoms with Crippen LogP contribution in [0.3, 0.4) is 0 Å². The SMILES string of the molecule is C[n+]1cn(C(c2ccccc2)c2ccccn2)c2ccccc21.[Cl-]. The van der Waals surface area contributed by atoms with Crippen molar-refractivity contribution < 1.29 is 17.0 Å². The van der Waals surface area contributed by atoms with Crippen LogP contribution < -0.4 is 17.0 Å². The lowest BCUT2D eigenvalue weighted by molar-refractivity contribution is -0.645. The van der Waals surface area contributed by atoms with E-state index in [2.05, 4.69) is 82.1 Å². The number of para-hydroxylation sites is 2. The summed E-state index contributed by atoms with van der Waals surface area (Å²) in [6, 6.07) is 25.1. The molecule has 120 valence electrons. The molecule has 0 amide bonds. The molecule has 3 nitrogen and oxygen atoms in total. The Bertz CT molecular complexity index is 893. The number of benzene rings is 2. The van der Waals surface area contributed by atoms with Gasteiger partial charge in [-0.3, -0.25) is 4.98 Å². The van der Waals surface area contributed by atoms with E-state index in [1.807, 2.05) is 24.4 Å². The number of rotatable bonds is 3. The van der Waals surface area contributed by atoms with Crippen molar-refractivity contribution in [2.45, 2.75) is 6.04 Å². The highest BCUT2D eigenvalue weighted by molar-refractivity contribution is 5.72. The second kappa shape index (κ2) is 6.85. The topological polar surface area (TPSA) is 21.7 Å². The first-order chi connectivity index (χ1) is 11.3. The molecule has 0 spiro atoms. The molecular weight excluding hydrogens is 318 g/mol. The molecular formula is C20H18ClN3. The minimum atomic E-state index is 0. The second-order valence-corrected chi connectivity index (χ2v) is 5.69. The fourth-order valence-electron chi connectivity index (χ4n) is 3.14. The van der Waals surface area contributed by atoms with Gasteiger partial charge in [0.15, 0.2) is 17.1 Å². The van der Waals surface area contributed by atoms with Gasteiger partial charge in [-0.25, -0.2) is 9.13 Å². The van der Waals surface area contributed by atoms with Crippen molar-refractivity contribution in [1.29, 1.82) is 0 Å². The summed E-state index contributed by atoms with van der Waals surface area (Å²) in [7, 11) is 2.08. The number of pyridine rings is 1. The fourth-order valence-corrected chi connectivity index (χ4v) is 3.14. The summed E-state index contributed by atoms with van der Waals surface area (Å²) in [4.78, 5) is 4.62. The van der Waals surface area contributed by atoms with Gasteiger partial charge in [-0.2, -0.15) is 0 Å². The van der Waals surface area contributed by atoms with Gasteiger partial charge < -0.3 is 12.4 Å². The van der Waals surface area contributed by atoms with Crippen molar-refractivity contribution in [3.8, 4) is 0 Å². The second-order valence-electron chi connectivity index (χ2n) is 5.69. The molecule has 1 unspecified atom stereocenters. The van der Waals surface area contributed by atoms with Crippen molar-refractivity contribution >= 4 is 11.0 Å². The van der Waals surface area contributed by atoms with Crippen molar-refractivity contribution in [2.24, 2.45) is 7.05 Å². The van der Waals surface area contributed by atoms with Crippen molar-refractivity contribution in [2.75, 3.05) is 0 Å². The number of aromatic nitrogens is 3. The summed E-state index contributed by atoms with van der Waals surface area (Å²) in [5.41, 5.74) is 4.69. The van der Waals surface area contributed by atoms with Gasteiger partial charge in [0.2, 0.25) is 6.33 Å². The number of halogens is 1. The zero-order valence-corrected chi connectivity index (χ0v) is 14.1. The molecule has 0 radical (unpaired) electrons. The smallest absolute Gasteiger partial charge is 0.245 e. The molecule has 0 aliphatic heterocycles. The van der Waals surface area contributed by atoms with Crippen LogP contribution in [0.5, 0.6) is 0 Å². The minimum Gasteiger partial charge on any atom is -1.00 e. The maximum Gasteiger partial charge on any atom is 0.245 e. The summed E-state index contributed by atoms with van der Waals surface area (Å²) in [5.74, 6) is 0. The molecule has 0 aliphatic rings. The van der Waals surface area contributed by atoms with E-state index in [0.717, 1.165) is 5.69 Å². The number of nitrogens with zero attached hydrogens (tertiary/aromatic N) is 3. The summed E-state index contributed by atoms with van der Waals surface area (Å²) in [5, 5.41) is 0. The number of fused-ring (bicyclic) bond motifs is 1. The van der Waals surface area contributed by atoms with Crippen LogP contribution in [0, 0.1) is 0 Å². The van der Waals surface area contributed by atoms with E-state index in [1.54, 1.807) is 0 Å². The van der Waals surface area contributed by atoms with E-state index in [4.69, 9.17) is 0 Å². The highest BCUT2D eigenvalue weighted by Crippen LogP contribution is 2.28. The third-order valence-electron chi connectivity index (χ3n) is 4.20. The van der Waals surface area contributed by atoms with Gasteiger partial charge in [0.05, 0.1) is 12.7 Å². The van der Waals surface area contributed by atoms with E-state index in [9.17, 15) is 0 Å². The first-order valence-electron chi connectivity index (χ1n) is 7.75. The van der Waals surface area contributed by atoms with Gasteiger partial charge in [0.1, 0.15) is 0 Å². The number of hydrogen-bond acceptors (Lipinski definition) is 1. The van der Waals surface area contributed by atoms with Crippen LogP contribution in [-0.4, -0.2) is 9.55 Å². The van der Waals surface area contributed by atoms with E-state index >= 15 is 0 Å². The molecule has 2 aromatic carbocycles. The summed E-state index contributed by atoms with van der Waals surface area (Å²) in [6.45, 7) is 0. The summed E-state index contributed by atoms with van der Waals surface area (Å²) < 4.78 is 4.46. The van der Waals surface area contributed by atoms with E-state index in [1.165, 1.54) is 16.6 Å². The predicted octanol–water partition coefficient (Wildman–Crippen LogP) is 0.502. The Labute approximate surface area is 147 Å². The molecule has 4 heteroatoms. The molecule has 0 fully saturated rings. The Hall–Kier alpha value is -2.65. The molecule has 0 saturated carbocycles. The average Bonchev–Trinajstić information content (AvgIpc) is 2.94. The number of aryl methyl sites for hydroxylation is 1. The molecule has 24 heavy (non-hydrogen) atoms. The van der Waals surface area contributed by atoms with Crippen LogP contribution in [0.25, 0.3) is 11.0 Å². The van der Waals surface area contributed by atoms with Crippen molar-refractivity contribution in [3.63, 3.8) is 0 Å². The number of imidazole rings is 1. The molecule has 0 saturated heterocycles. The lowest BCUT2D eigenvalue weighted by Crippen LogP contribution is -3.00. The lowest BCUT2D eigenvalue weighted by atomic mass is 10.0. The fraction of sp³-hybridized carbons (Fsp3) is 0.100. The van der Waals surface area contributed by atoms with Crippen LogP contribution in [0.15, 0.2) is 85.3 Å². The van der Waals surface area contributed by atoms with Gasteiger partial charge in [-0.15, -0.1) is 0 Å². The quantitative estimate of drug-likeness (QED) is 0.500. The monoisotopic (exact) mass is 335 g/mol. The molecule has 4 rings (SSSR count). The average molecular weight is 336 g/mol. The summed E-state index contributed by atoms with van der Waals surface area (Å²) in [6.07, 6.45) is 4.01. The van der Waals surface area contributed by atoms with Crippen LogP contribution in [-0.2, 0) is 7.05 Å². The Morgan fingerprint density at radius 3 is 2.33 bits per heavy atom. The minimum absolute atomic E-state index is 0. The zero-order valence-electron chi connectivity index (χ0n) is 13.4. The van der Waals surface area contributed by atoms with E-state index in [0.29, 0.717) is 0 Å². The molecule has 0 bridgehead atoms. The van der Waals surface area contributed by atoms with Gasteiger partial charge in [-0.1, -0.05) is 48.5 Å². The molecule has 0 N–H and O–H groups in total. The maximum atomic E-state index is 4.62. The Balaban J connectivity index is 0.00000169. The predicted molar refractivity (Wildman–Crippen MR) is 91.0 cm³/mol. The molecule has 1 atom stereocenters. The Morgan fingerprint density at radius 1 is 0.875 bits per heavy atom. The molecule has 2 aromatic heterocycles. The van der Waals surface area contributed by atoms with Crippen LogP contribution in [0.4, 0.5) is 0 Å². The van der Waals surface area contributed by atoms with Gasteiger partial charge in [-0.05, 0) is 24.3 Å². The van der Waals surface area contributed by atoms with Crippen LogP contribution in [0.2, 0.25) is 0 Å². The van der Waals surface area contributed by atoms with Gasteiger partial charge >= 0.3 is 0 Å². The summed E-state index contributed by atoms with van der Waals surface area (Å²) >= 11 is 0. The molecule has 2 heterocycles. The van der Waals surface area contributed by atoms with Crippen LogP contribution in [0.1, 0.15) is 17.3 Å². The molecule has 0 aliphatic carbocycles. The maximum absolute atomic E-state index is 4.62. The van der Waals surface area contributed by atoms with Crippen LogP contribution >= 0.6 is 0 Å². The van der Waals surface area contributed by atoms with Gasteiger partial charge in [0.25, 0.3) is 0 Å². The number of hydrogen-bond donors (Lipinski definition) is 0.